The predicted molar refractivity (Wildman–Crippen MR) is 63.7 cm³/mol. The van der Waals surface area contributed by atoms with Crippen molar-refractivity contribution in [2.45, 2.75) is 0 Å². The van der Waals surface area contributed by atoms with Crippen LogP contribution in [0.2, 0.25) is 5.02 Å². The minimum Gasteiger partial charge on any atom is -0.328 e. The summed E-state index contributed by atoms with van der Waals surface area (Å²) in [5.74, 6) is -1.62. The highest BCUT2D eigenvalue weighted by Crippen LogP contribution is 2.26. The molecule has 1 aromatic carbocycles. The molecule has 0 aliphatic rings. The Balaban J connectivity index is 0.000000312. The van der Waals surface area contributed by atoms with Gasteiger partial charge in [-0.25, -0.2) is 8.78 Å². The number of H-pyrrole nitrogens is 1. The van der Waals surface area contributed by atoms with E-state index in [0.29, 0.717) is 6.07 Å². The fourth-order valence-electron chi connectivity index (χ4n) is 1.23. The summed E-state index contributed by atoms with van der Waals surface area (Å²) < 4.78 is 57.7. The van der Waals surface area contributed by atoms with Crippen molar-refractivity contribution in [2.75, 3.05) is 0 Å². The first-order valence-electron chi connectivity index (χ1n) is 4.45. The summed E-state index contributed by atoms with van der Waals surface area (Å²) in [4.78, 5) is 13.2. The van der Waals surface area contributed by atoms with E-state index < -0.39 is 27.6 Å². The van der Waals surface area contributed by atoms with Crippen molar-refractivity contribution in [1.29, 1.82) is 0 Å². The number of hydrogen-bond donors (Lipinski definition) is 3. The molecular weight excluding hydrogens is 308 g/mol. The van der Waals surface area contributed by atoms with Crippen molar-refractivity contribution in [1.82, 2.24) is 4.98 Å². The lowest BCUT2D eigenvalue weighted by atomic mass is 10.1. The zero-order valence-electron chi connectivity index (χ0n) is 8.89. The van der Waals surface area contributed by atoms with E-state index in [9.17, 15) is 13.6 Å². The van der Waals surface area contributed by atoms with E-state index in [1.807, 2.05) is 0 Å². The van der Waals surface area contributed by atoms with Gasteiger partial charge in [-0.05, 0) is 0 Å². The van der Waals surface area contributed by atoms with Gasteiger partial charge in [0.15, 0.2) is 0 Å². The second-order valence-corrected chi connectivity index (χ2v) is 4.50. The molecular formula is C9H6ClF2NO5S. The van der Waals surface area contributed by atoms with Gasteiger partial charge in [-0.3, -0.25) is 13.9 Å². The normalized spacial score (nSPS) is 11.0. The lowest BCUT2D eigenvalue weighted by Gasteiger charge is -2.01. The molecule has 19 heavy (non-hydrogen) atoms. The second-order valence-electron chi connectivity index (χ2n) is 3.23. The quantitative estimate of drug-likeness (QED) is 0.508. The molecule has 0 saturated carbocycles. The van der Waals surface area contributed by atoms with Crippen LogP contribution in [0.1, 0.15) is 0 Å². The number of aromatic nitrogens is 1. The lowest BCUT2D eigenvalue weighted by molar-refractivity contribution is 0.381. The highest BCUT2D eigenvalue weighted by atomic mass is 35.5. The smallest absolute Gasteiger partial charge is 0.328 e. The van der Waals surface area contributed by atoms with Crippen LogP contribution in [-0.2, 0) is 10.4 Å². The molecule has 0 aliphatic carbocycles. The van der Waals surface area contributed by atoms with Gasteiger partial charge in [0.25, 0.3) is 0 Å². The van der Waals surface area contributed by atoms with Crippen LogP contribution >= 0.6 is 11.6 Å². The summed E-state index contributed by atoms with van der Waals surface area (Å²) in [6.45, 7) is 0. The molecule has 0 saturated heterocycles. The number of aromatic amines is 1. The standard InChI is InChI=1S/C9H4ClF2NO.H2O4S/c10-9-4-1-8(14)13-3-5(4)6(11)2-7(9)12;1-5(2,3)4/h1-3H,(H,13,14);(H2,1,2,3,4). The molecule has 0 unspecified atom stereocenters. The Morgan fingerprint density at radius 2 is 1.63 bits per heavy atom. The largest absolute Gasteiger partial charge is 0.394 e. The average Bonchev–Trinajstić information content (AvgIpc) is 2.23. The van der Waals surface area contributed by atoms with Gasteiger partial charge in [-0.15, -0.1) is 0 Å². The molecule has 0 fully saturated rings. The van der Waals surface area contributed by atoms with Gasteiger partial charge in [0, 0.05) is 29.1 Å². The van der Waals surface area contributed by atoms with Crippen LogP contribution in [0.4, 0.5) is 8.78 Å². The summed E-state index contributed by atoms with van der Waals surface area (Å²) in [7, 11) is -4.67. The molecule has 0 amide bonds. The Labute approximate surface area is 110 Å². The van der Waals surface area contributed by atoms with E-state index in [-0.39, 0.29) is 15.8 Å². The molecule has 2 aromatic rings. The first-order chi connectivity index (χ1) is 8.59. The second kappa shape index (κ2) is 5.61. The van der Waals surface area contributed by atoms with E-state index in [4.69, 9.17) is 29.1 Å². The zero-order chi connectivity index (χ0) is 14.8. The zero-order valence-corrected chi connectivity index (χ0v) is 10.5. The molecule has 6 nitrogen and oxygen atoms in total. The van der Waals surface area contributed by atoms with Crippen LogP contribution in [0.25, 0.3) is 10.8 Å². The molecule has 0 atom stereocenters. The van der Waals surface area contributed by atoms with Crippen LogP contribution in [0.3, 0.4) is 0 Å². The summed E-state index contributed by atoms with van der Waals surface area (Å²) in [5, 5.41) is -0.0728. The molecule has 1 heterocycles. The lowest BCUT2D eigenvalue weighted by Crippen LogP contribution is -2.03. The van der Waals surface area contributed by atoms with Crippen LogP contribution in [0, 0.1) is 11.6 Å². The van der Waals surface area contributed by atoms with Crippen molar-refractivity contribution >= 4 is 32.8 Å². The maximum Gasteiger partial charge on any atom is 0.394 e. The molecule has 0 aliphatic heterocycles. The van der Waals surface area contributed by atoms with Crippen molar-refractivity contribution in [3.05, 3.63) is 45.3 Å². The van der Waals surface area contributed by atoms with E-state index in [2.05, 4.69) is 4.98 Å². The summed E-state index contributed by atoms with van der Waals surface area (Å²) in [6.07, 6.45) is 1.16. The van der Waals surface area contributed by atoms with Gasteiger partial charge >= 0.3 is 10.4 Å². The third-order valence-corrected chi connectivity index (χ3v) is 2.27. The Morgan fingerprint density at radius 1 is 1.11 bits per heavy atom. The summed E-state index contributed by atoms with van der Waals surface area (Å²) in [5.41, 5.74) is -0.454. The Hall–Kier alpha value is -1.55. The van der Waals surface area contributed by atoms with Crippen molar-refractivity contribution < 1.29 is 26.3 Å². The van der Waals surface area contributed by atoms with Crippen LogP contribution in [0.15, 0.2) is 23.1 Å². The third-order valence-electron chi connectivity index (χ3n) is 1.88. The topological polar surface area (TPSA) is 107 Å². The molecule has 0 bridgehead atoms. The Morgan fingerprint density at radius 3 is 2.16 bits per heavy atom. The van der Waals surface area contributed by atoms with Crippen molar-refractivity contribution in [3.8, 4) is 0 Å². The fourth-order valence-corrected chi connectivity index (χ4v) is 1.44. The van der Waals surface area contributed by atoms with Gasteiger partial charge in [0.1, 0.15) is 11.6 Å². The van der Waals surface area contributed by atoms with E-state index in [0.717, 1.165) is 12.3 Å². The number of pyridine rings is 1. The van der Waals surface area contributed by atoms with Crippen molar-refractivity contribution in [3.63, 3.8) is 0 Å². The fraction of sp³-hybridized carbons (Fsp3) is 0. The van der Waals surface area contributed by atoms with E-state index in [1.165, 1.54) is 0 Å². The molecule has 10 heteroatoms. The first kappa shape index (κ1) is 15.5. The predicted octanol–water partition coefficient (Wildman–Crippen LogP) is 1.81. The van der Waals surface area contributed by atoms with Gasteiger partial charge in [-0.1, -0.05) is 11.6 Å². The number of fused-ring (bicyclic) bond motifs is 1. The Kier molecular flexibility index (Phi) is 4.58. The average molecular weight is 314 g/mol. The minimum atomic E-state index is -4.67. The van der Waals surface area contributed by atoms with E-state index >= 15 is 0 Å². The highest BCUT2D eigenvalue weighted by molar-refractivity contribution is 7.79. The third kappa shape index (κ3) is 4.56. The Bertz CT molecular complexity index is 766. The maximum absolute atomic E-state index is 13.1. The van der Waals surface area contributed by atoms with Gasteiger partial charge in [0.05, 0.1) is 5.02 Å². The SMILES string of the molecule is O=S(=O)(O)O.O=c1cc2c(Cl)c(F)cc(F)c2c[nH]1. The summed E-state index contributed by atoms with van der Waals surface area (Å²) >= 11 is 5.58. The number of halogens is 3. The number of benzene rings is 1. The van der Waals surface area contributed by atoms with Crippen molar-refractivity contribution in [2.24, 2.45) is 0 Å². The van der Waals surface area contributed by atoms with Gasteiger partial charge < -0.3 is 4.98 Å². The molecule has 0 spiro atoms. The molecule has 2 rings (SSSR count). The van der Waals surface area contributed by atoms with E-state index in [1.54, 1.807) is 0 Å². The van der Waals surface area contributed by atoms with Crippen LogP contribution < -0.4 is 5.56 Å². The van der Waals surface area contributed by atoms with Gasteiger partial charge in [-0.2, -0.15) is 8.42 Å². The number of nitrogens with one attached hydrogen (secondary N) is 1. The number of rotatable bonds is 0. The molecule has 1 aromatic heterocycles. The number of hydrogen-bond acceptors (Lipinski definition) is 3. The minimum absolute atomic E-state index is 0.0768. The monoisotopic (exact) mass is 313 g/mol. The van der Waals surface area contributed by atoms with Crippen LogP contribution in [-0.4, -0.2) is 22.5 Å². The molecule has 104 valence electrons. The van der Waals surface area contributed by atoms with Gasteiger partial charge in [0.2, 0.25) is 5.56 Å². The van der Waals surface area contributed by atoms with Crippen LogP contribution in [0.5, 0.6) is 0 Å². The first-order valence-corrected chi connectivity index (χ1v) is 6.23. The highest BCUT2D eigenvalue weighted by Gasteiger charge is 2.10. The molecule has 3 N–H and O–H groups in total. The summed E-state index contributed by atoms with van der Waals surface area (Å²) in [6, 6.07) is 1.74. The maximum atomic E-state index is 13.1. The molecule has 0 radical (unpaired) electrons.